The quantitative estimate of drug-likeness (QED) is 0.835. The Kier molecular flexibility index (Phi) is 4.36. The summed E-state index contributed by atoms with van der Waals surface area (Å²) in [7, 11) is 0. The predicted molar refractivity (Wildman–Crippen MR) is 93.2 cm³/mol. The van der Waals surface area contributed by atoms with Crippen LogP contribution in [0.4, 0.5) is 0 Å². The van der Waals surface area contributed by atoms with Crippen LogP contribution in [0.15, 0.2) is 36.4 Å². The van der Waals surface area contributed by atoms with Crippen molar-refractivity contribution >= 4 is 22.7 Å². The Morgan fingerprint density at radius 3 is 2.52 bits per heavy atom. The van der Waals surface area contributed by atoms with E-state index in [-0.39, 0.29) is 17.9 Å². The highest BCUT2D eigenvalue weighted by atomic mass is 16.5. The zero-order valence-electron chi connectivity index (χ0n) is 14.1. The summed E-state index contributed by atoms with van der Waals surface area (Å²) in [4.78, 5) is 33.2. The number of rotatable bonds is 2. The van der Waals surface area contributed by atoms with E-state index in [1.54, 1.807) is 11.0 Å². The Morgan fingerprint density at radius 1 is 1.00 bits per heavy atom. The van der Waals surface area contributed by atoms with Crippen molar-refractivity contribution in [2.45, 2.75) is 18.9 Å². The van der Waals surface area contributed by atoms with Crippen molar-refractivity contribution in [3.8, 4) is 0 Å². The van der Waals surface area contributed by atoms with Crippen LogP contribution in [-0.4, -0.2) is 65.5 Å². The number of ether oxygens (including phenoxy) is 1. The zero-order valence-corrected chi connectivity index (χ0v) is 14.1. The lowest BCUT2D eigenvalue weighted by atomic mass is 10.1. The first-order valence-electron chi connectivity index (χ1n) is 8.78. The summed E-state index contributed by atoms with van der Waals surface area (Å²) in [5, 5.41) is 1.02. The number of carbonyl (C=O) groups excluding carboxylic acids is 2. The highest BCUT2D eigenvalue weighted by molar-refractivity contribution is 5.95. The molecule has 1 atom stereocenters. The summed E-state index contributed by atoms with van der Waals surface area (Å²) < 4.78 is 5.47. The first-order valence-corrected chi connectivity index (χ1v) is 8.78. The molecule has 2 aliphatic rings. The Morgan fingerprint density at radius 2 is 1.76 bits per heavy atom. The van der Waals surface area contributed by atoms with Crippen LogP contribution in [0.1, 0.15) is 23.3 Å². The van der Waals surface area contributed by atoms with Crippen LogP contribution in [0.3, 0.4) is 0 Å². The highest BCUT2D eigenvalue weighted by Gasteiger charge is 2.31. The van der Waals surface area contributed by atoms with E-state index in [9.17, 15) is 9.59 Å². The van der Waals surface area contributed by atoms with Gasteiger partial charge in [-0.2, -0.15) is 0 Å². The predicted octanol–water partition coefficient (Wildman–Crippen LogP) is 1.70. The van der Waals surface area contributed by atoms with E-state index in [0.29, 0.717) is 38.5 Å². The van der Waals surface area contributed by atoms with Crippen molar-refractivity contribution in [1.29, 1.82) is 0 Å². The fourth-order valence-corrected chi connectivity index (χ4v) is 3.45. The summed E-state index contributed by atoms with van der Waals surface area (Å²) in [6, 6.07) is 11.5. The van der Waals surface area contributed by atoms with Crippen LogP contribution in [0, 0.1) is 0 Å². The number of pyridine rings is 1. The van der Waals surface area contributed by atoms with E-state index < -0.39 is 0 Å². The number of aromatic nitrogens is 1. The summed E-state index contributed by atoms with van der Waals surface area (Å²) in [5.74, 6) is -0.0107. The normalized spacial score (nSPS) is 20.9. The molecule has 0 aliphatic carbocycles. The summed E-state index contributed by atoms with van der Waals surface area (Å²) in [5.41, 5.74) is 1.28. The average molecular weight is 339 g/mol. The number of hydrogen-bond acceptors (Lipinski definition) is 4. The van der Waals surface area contributed by atoms with Gasteiger partial charge >= 0.3 is 0 Å². The van der Waals surface area contributed by atoms with Crippen LogP contribution < -0.4 is 0 Å². The monoisotopic (exact) mass is 339 g/mol. The topological polar surface area (TPSA) is 62.7 Å². The molecular weight excluding hydrogens is 318 g/mol. The van der Waals surface area contributed by atoms with Gasteiger partial charge in [0.25, 0.3) is 11.8 Å². The average Bonchev–Trinajstić information content (AvgIpc) is 3.21. The minimum atomic E-state index is -0.288. The maximum Gasteiger partial charge on any atom is 0.272 e. The first kappa shape index (κ1) is 16.0. The van der Waals surface area contributed by atoms with Crippen LogP contribution in [0.2, 0.25) is 0 Å². The first-order chi connectivity index (χ1) is 12.2. The van der Waals surface area contributed by atoms with Gasteiger partial charge in [0.05, 0.1) is 5.52 Å². The molecular formula is C19H21N3O3. The lowest BCUT2D eigenvalue weighted by molar-refractivity contribution is -0.142. The molecule has 3 heterocycles. The molecule has 1 aromatic carbocycles. The molecule has 0 spiro atoms. The number of benzene rings is 1. The number of para-hydroxylation sites is 1. The van der Waals surface area contributed by atoms with Crippen LogP contribution >= 0.6 is 0 Å². The molecule has 6 nitrogen and oxygen atoms in total. The van der Waals surface area contributed by atoms with Crippen LogP contribution in [0.5, 0.6) is 0 Å². The second-order valence-corrected chi connectivity index (χ2v) is 6.51. The number of amides is 2. The molecule has 2 aromatic rings. The van der Waals surface area contributed by atoms with Gasteiger partial charge < -0.3 is 14.5 Å². The van der Waals surface area contributed by atoms with Gasteiger partial charge in [-0.25, -0.2) is 4.98 Å². The Hall–Kier alpha value is -2.47. The van der Waals surface area contributed by atoms with Crippen molar-refractivity contribution in [2.24, 2.45) is 0 Å². The minimum Gasteiger partial charge on any atom is -0.368 e. The van der Waals surface area contributed by atoms with Gasteiger partial charge in [-0.1, -0.05) is 24.3 Å². The number of hydrogen-bond donors (Lipinski definition) is 0. The van der Waals surface area contributed by atoms with Crippen LogP contribution in [0.25, 0.3) is 10.9 Å². The lowest BCUT2D eigenvalue weighted by Crippen LogP contribution is -2.52. The Bertz CT molecular complexity index is 793. The molecule has 25 heavy (non-hydrogen) atoms. The van der Waals surface area contributed by atoms with Crippen molar-refractivity contribution in [3.63, 3.8) is 0 Å². The van der Waals surface area contributed by atoms with Gasteiger partial charge in [0, 0.05) is 38.2 Å². The second-order valence-electron chi connectivity index (χ2n) is 6.51. The SMILES string of the molecule is O=C(c1ccc2ccccc2n1)N1CCN(C(=O)[C@@H]2CCCO2)CC1. The second kappa shape index (κ2) is 6.80. The molecule has 0 N–H and O–H groups in total. The minimum absolute atomic E-state index is 0.0634. The third kappa shape index (κ3) is 3.22. The molecule has 0 saturated carbocycles. The van der Waals surface area contributed by atoms with Gasteiger partial charge in [0.2, 0.25) is 0 Å². The Labute approximate surface area is 146 Å². The molecule has 0 unspecified atom stereocenters. The molecule has 1 aromatic heterocycles. The summed E-state index contributed by atoms with van der Waals surface area (Å²) in [6.45, 7) is 2.84. The molecule has 2 saturated heterocycles. The lowest BCUT2D eigenvalue weighted by Gasteiger charge is -2.35. The number of nitrogens with zero attached hydrogens (tertiary/aromatic N) is 3. The fraction of sp³-hybridized carbons (Fsp3) is 0.421. The van der Waals surface area contributed by atoms with Gasteiger partial charge in [-0.15, -0.1) is 0 Å². The smallest absolute Gasteiger partial charge is 0.272 e. The van der Waals surface area contributed by atoms with Crippen molar-refractivity contribution < 1.29 is 14.3 Å². The van der Waals surface area contributed by atoms with E-state index in [4.69, 9.17) is 4.74 Å². The largest absolute Gasteiger partial charge is 0.368 e. The zero-order chi connectivity index (χ0) is 17.2. The summed E-state index contributed by atoms with van der Waals surface area (Å²) in [6.07, 6.45) is 1.46. The maximum atomic E-state index is 12.7. The number of fused-ring (bicyclic) bond motifs is 1. The molecule has 2 fully saturated rings. The maximum absolute atomic E-state index is 12.7. The van der Waals surface area contributed by atoms with E-state index in [1.807, 2.05) is 35.2 Å². The third-order valence-corrected chi connectivity index (χ3v) is 4.90. The number of carbonyl (C=O) groups is 2. The molecule has 2 amide bonds. The van der Waals surface area contributed by atoms with E-state index in [2.05, 4.69) is 4.98 Å². The molecule has 130 valence electrons. The molecule has 2 aliphatic heterocycles. The van der Waals surface area contributed by atoms with Crippen molar-refractivity contribution in [1.82, 2.24) is 14.8 Å². The van der Waals surface area contributed by atoms with Gasteiger partial charge in [-0.3, -0.25) is 9.59 Å². The molecule has 0 radical (unpaired) electrons. The van der Waals surface area contributed by atoms with E-state index >= 15 is 0 Å². The van der Waals surface area contributed by atoms with E-state index in [0.717, 1.165) is 23.7 Å². The van der Waals surface area contributed by atoms with Crippen LogP contribution in [-0.2, 0) is 9.53 Å². The molecule has 0 bridgehead atoms. The van der Waals surface area contributed by atoms with Gasteiger partial charge in [-0.05, 0) is 25.0 Å². The molecule has 4 rings (SSSR count). The van der Waals surface area contributed by atoms with Gasteiger partial charge in [0.15, 0.2) is 0 Å². The standard InChI is InChI=1S/C19H21N3O3/c23-18(16-8-7-14-4-1-2-5-15(14)20-16)21-9-11-22(12-10-21)19(24)17-6-3-13-25-17/h1-2,4-5,7-8,17H,3,6,9-13H2/t17-/m0/s1. The third-order valence-electron chi connectivity index (χ3n) is 4.90. The van der Waals surface area contributed by atoms with Crippen molar-refractivity contribution in [3.05, 3.63) is 42.1 Å². The summed E-state index contributed by atoms with van der Waals surface area (Å²) >= 11 is 0. The highest BCUT2D eigenvalue weighted by Crippen LogP contribution is 2.17. The van der Waals surface area contributed by atoms with Gasteiger partial charge in [0.1, 0.15) is 11.8 Å². The molecule has 6 heteroatoms. The van der Waals surface area contributed by atoms with E-state index in [1.165, 1.54) is 0 Å². The number of piperazine rings is 1. The fourth-order valence-electron chi connectivity index (χ4n) is 3.45. The Balaban J connectivity index is 1.41. The van der Waals surface area contributed by atoms with Crippen molar-refractivity contribution in [2.75, 3.05) is 32.8 Å².